The highest BCUT2D eigenvalue weighted by Crippen LogP contribution is 2.30. The van der Waals surface area contributed by atoms with Crippen molar-refractivity contribution in [2.24, 2.45) is 5.92 Å². The minimum Gasteiger partial charge on any atom is -0.352 e. The highest BCUT2D eigenvalue weighted by Gasteiger charge is 2.25. The summed E-state index contributed by atoms with van der Waals surface area (Å²) in [5, 5.41) is 3.04. The summed E-state index contributed by atoms with van der Waals surface area (Å²) in [6, 6.07) is 7.87. The van der Waals surface area contributed by atoms with Gasteiger partial charge in [0.1, 0.15) is 0 Å². The molecular weight excluding hydrogens is 290 g/mol. The molecule has 98 valence electrons. The van der Waals surface area contributed by atoms with Crippen molar-refractivity contribution >= 4 is 21.8 Å². The molecule has 0 radical (unpaired) electrons. The van der Waals surface area contributed by atoms with Gasteiger partial charge in [-0.15, -0.1) is 0 Å². The molecule has 2 atom stereocenters. The Bertz CT molecular complexity index is 401. The summed E-state index contributed by atoms with van der Waals surface area (Å²) in [5.41, 5.74) is 2.03. The Morgan fingerprint density at radius 1 is 1.33 bits per heavy atom. The third-order valence-corrected chi connectivity index (χ3v) is 4.92. The normalized spacial score (nSPS) is 23.0. The fraction of sp³-hybridized carbons (Fsp3) is 0.533. The third-order valence-electron chi connectivity index (χ3n) is 3.72. The molecule has 0 heterocycles. The van der Waals surface area contributed by atoms with Gasteiger partial charge in [-0.1, -0.05) is 41.4 Å². The lowest BCUT2D eigenvalue weighted by Crippen LogP contribution is -2.30. The van der Waals surface area contributed by atoms with Gasteiger partial charge >= 0.3 is 0 Å². The molecule has 1 aliphatic rings. The van der Waals surface area contributed by atoms with Crippen molar-refractivity contribution in [1.82, 2.24) is 5.32 Å². The molecule has 1 fully saturated rings. The van der Waals surface area contributed by atoms with Crippen LogP contribution < -0.4 is 5.32 Å². The number of benzene rings is 1. The van der Waals surface area contributed by atoms with Crippen molar-refractivity contribution in [3.05, 3.63) is 35.4 Å². The van der Waals surface area contributed by atoms with Crippen LogP contribution in [0.3, 0.4) is 0 Å². The zero-order valence-electron chi connectivity index (χ0n) is 10.8. The molecule has 2 nitrogen and oxygen atoms in total. The number of alkyl halides is 1. The highest BCUT2D eigenvalue weighted by atomic mass is 79.9. The highest BCUT2D eigenvalue weighted by molar-refractivity contribution is 9.09. The molecule has 2 unspecified atom stereocenters. The molecule has 0 aromatic heterocycles. The molecular formula is C15H20BrNO. The number of hydrogen-bond donors (Lipinski definition) is 1. The second kappa shape index (κ2) is 6.37. The van der Waals surface area contributed by atoms with Gasteiger partial charge < -0.3 is 5.32 Å². The van der Waals surface area contributed by atoms with E-state index in [2.05, 4.69) is 28.2 Å². The molecule has 3 heteroatoms. The number of rotatable bonds is 4. The van der Waals surface area contributed by atoms with Gasteiger partial charge in [0.2, 0.25) is 0 Å². The number of carbonyl (C=O) groups is 1. The Morgan fingerprint density at radius 2 is 2.06 bits per heavy atom. The zero-order valence-corrected chi connectivity index (χ0v) is 12.4. The van der Waals surface area contributed by atoms with Crippen LogP contribution in [0.2, 0.25) is 0 Å². The van der Waals surface area contributed by atoms with Gasteiger partial charge in [0, 0.05) is 16.9 Å². The SMILES string of the molecule is CCc1ccc(C(=O)NCC2CCCC2Br)cc1. The Labute approximate surface area is 117 Å². The number of nitrogens with one attached hydrogen (secondary N) is 1. The molecule has 1 aliphatic carbocycles. The summed E-state index contributed by atoms with van der Waals surface area (Å²) in [6.07, 6.45) is 4.72. The monoisotopic (exact) mass is 309 g/mol. The van der Waals surface area contributed by atoms with Gasteiger partial charge in [-0.2, -0.15) is 0 Å². The number of halogens is 1. The first-order valence-corrected chi connectivity index (χ1v) is 7.63. The van der Waals surface area contributed by atoms with Gasteiger partial charge in [0.05, 0.1) is 0 Å². The Hall–Kier alpha value is -0.830. The fourth-order valence-corrected chi connectivity index (χ4v) is 3.21. The van der Waals surface area contributed by atoms with Crippen LogP contribution in [0.15, 0.2) is 24.3 Å². The molecule has 1 aromatic rings. The van der Waals surface area contributed by atoms with E-state index in [1.165, 1.54) is 24.8 Å². The summed E-state index contributed by atoms with van der Waals surface area (Å²) in [5.74, 6) is 0.633. The number of hydrogen-bond acceptors (Lipinski definition) is 1. The van der Waals surface area contributed by atoms with Gasteiger partial charge in [0.25, 0.3) is 5.91 Å². The lowest BCUT2D eigenvalue weighted by Gasteiger charge is -2.14. The van der Waals surface area contributed by atoms with Gasteiger partial charge in [-0.3, -0.25) is 4.79 Å². The van der Waals surface area contributed by atoms with E-state index in [4.69, 9.17) is 0 Å². The third kappa shape index (κ3) is 3.35. The number of amides is 1. The Balaban J connectivity index is 1.87. The molecule has 0 aliphatic heterocycles. The number of aryl methyl sites for hydroxylation is 1. The van der Waals surface area contributed by atoms with Crippen LogP contribution in [0.5, 0.6) is 0 Å². The Morgan fingerprint density at radius 3 is 2.61 bits per heavy atom. The molecule has 0 spiro atoms. The summed E-state index contributed by atoms with van der Waals surface area (Å²) < 4.78 is 0. The minimum absolute atomic E-state index is 0.0456. The molecule has 1 N–H and O–H groups in total. The first-order valence-electron chi connectivity index (χ1n) is 6.72. The van der Waals surface area contributed by atoms with Crippen LogP contribution in [-0.4, -0.2) is 17.3 Å². The second-order valence-electron chi connectivity index (χ2n) is 4.97. The van der Waals surface area contributed by atoms with Crippen molar-refractivity contribution in [1.29, 1.82) is 0 Å². The van der Waals surface area contributed by atoms with E-state index in [0.717, 1.165) is 18.5 Å². The standard InChI is InChI=1S/C15H20BrNO/c1-2-11-6-8-12(9-7-11)15(18)17-10-13-4-3-5-14(13)16/h6-9,13-14H,2-5,10H2,1H3,(H,17,18). The predicted octanol–water partition coefficient (Wildman–Crippen LogP) is 3.54. The summed E-state index contributed by atoms with van der Waals surface area (Å²) >= 11 is 3.68. The van der Waals surface area contributed by atoms with Crippen molar-refractivity contribution in [2.75, 3.05) is 6.54 Å². The van der Waals surface area contributed by atoms with E-state index in [0.29, 0.717) is 10.7 Å². The van der Waals surface area contributed by atoms with Crippen LogP contribution in [-0.2, 0) is 6.42 Å². The smallest absolute Gasteiger partial charge is 0.251 e. The van der Waals surface area contributed by atoms with Crippen LogP contribution in [0, 0.1) is 5.92 Å². The van der Waals surface area contributed by atoms with E-state index in [1.54, 1.807) is 0 Å². The first-order chi connectivity index (χ1) is 8.70. The van der Waals surface area contributed by atoms with Gasteiger partial charge in [-0.05, 0) is 42.9 Å². The molecule has 0 bridgehead atoms. The minimum atomic E-state index is 0.0456. The van der Waals surface area contributed by atoms with Crippen molar-refractivity contribution in [3.63, 3.8) is 0 Å². The van der Waals surface area contributed by atoms with E-state index in [9.17, 15) is 4.79 Å². The summed E-state index contributed by atoms with van der Waals surface area (Å²) in [4.78, 5) is 12.6. The molecule has 2 rings (SSSR count). The van der Waals surface area contributed by atoms with Crippen molar-refractivity contribution in [3.8, 4) is 0 Å². The van der Waals surface area contributed by atoms with Crippen LogP contribution in [0.25, 0.3) is 0 Å². The average Bonchev–Trinajstić information content (AvgIpc) is 2.81. The number of carbonyl (C=O) groups excluding carboxylic acids is 1. The molecule has 1 amide bonds. The van der Waals surface area contributed by atoms with Gasteiger partial charge in [0.15, 0.2) is 0 Å². The van der Waals surface area contributed by atoms with Gasteiger partial charge in [-0.25, -0.2) is 0 Å². The van der Waals surface area contributed by atoms with Crippen LogP contribution in [0.4, 0.5) is 0 Å². The lowest BCUT2D eigenvalue weighted by molar-refractivity contribution is 0.0948. The Kier molecular flexibility index (Phi) is 4.81. The van der Waals surface area contributed by atoms with Crippen LogP contribution >= 0.6 is 15.9 Å². The van der Waals surface area contributed by atoms with Crippen molar-refractivity contribution in [2.45, 2.75) is 37.4 Å². The second-order valence-corrected chi connectivity index (χ2v) is 6.14. The quantitative estimate of drug-likeness (QED) is 0.847. The molecule has 1 saturated carbocycles. The maximum Gasteiger partial charge on any atom is 0.251 e. The van der Waals surface area contributed by atoms with E-state index < -0.39 is 0 Å². The predicted molar refractivity (Wildman–Crippen MR) is 78.2 cm³/mol. The maximum atomic E-state index is 12.0. The summed E-state index contributed by atoms with van der Waals surface area (Å²) in [7, 11) is 0. The van der Waals surface area contributed by atoms with Crippen molar-refractivity contribution < 1.29 is 4.79 Å². The van der Waals surface area contributed by atoms with Crippen LogP contribution in [0.1, 0.15) is 42.1 Å². The molecule has 0 saturated heterocycles. The largest absolute Gasteiger partial charge is 0.352 e. The zero-order chi connectivity index (χ0) is 13.0. The first kappa shape index (κ1) is 13.6. The van der Waals surface area contributed by atoms with E-state index in [1.807, 2.05) is 24.3 Å². The van der Waals surface area contributed by atoms with E-state index in [-0.39, 0.29) is 5.91 Å². The van der Waals surface area contributed by atoms with E-state index >= 15 is 0 Å². The average molecular weight is 310 g/mol. The topological polar surface area (TPSA) is 29.1 Å². The molecule has 1 aromatic carbocycles. The molecule has 18 heavy (non-hydrogen) atoms. The summed E-state index contributed by atoms with van der Waals surface area (Å²) in [6.45, 7) is 2.90. The maximum absolute atomic E-state index is 12.0. The fourth-order valence-electron chi connectivity index (χ4n) is 2.44. The lowest BCUT2D eigenvalue weighted by atomic mass is 10.1.